The average Bonchev–Trinajstić information content (AvgIpc) is 2.42. The highest BCUT2D eigenvalue weighted by Gasteiger charge is 2.17. The van der Waals surface area contributed by atoms with Gasteiger partial charge >= 0.3 is 0 Å². The molecule has 1 unspecified atom stereocenters. The molecule has 0 radical (unpaired) electrons. The molecule has 0 aliphatic heterocycles. The molecule has 0 bridgehead atoms. The molecular formula is C17H19Cl2N. The molecule has 1 atom stereocenters. The van der Waals surface area contributed by atoms with Crippen LogP contribution in [0.15, 0.2) is 42.5 Å². The van der Waals surface area contributed by atoms with Gasteiger partial charge in [-0.2, -0.15) is 0 Å². The lowest BCUT2D eigenvalue weighted by Crippen LogP contribution is -2.24. The third-order valence-electron chi connectivity index (χ3n) is 3.36. The van der Waals surface area contributed by atoms with Gasteiger partial charge in [0.05, 0.1) is 6.04 Å². The lowest BCUT2D eigenvalue weighted by molar-refractivity contribution is 0.596. The molecule has 2 rings (SSSR count). The number of aryl methyl sites for hydroxylation is 1. The Balaban J connectivity index is 2.44. The Morgan fingerprint density at radius 3 is 2.45 bits per heavy atom. The van der Waals surface area contributed by atoms with Gasteiger partial charge in [0.15, 0.2) is 0 Å². The second-order valence-electron chi connectivity index (χ2n) is 4.91. The van der Waals surface area contributed by atoms with E-state index >= 15 is 0 Å². The molecular weight excluding hydrogens is 289 g/mol. The van der Waals surface area contributed by atoms with Crippen molar-refractivity contribution < 1.29 is 0 Å². The highest BCUT2D eigenvalue weighted by atomic mass is 35.5. The topological polar surface area (TPSA) is 12.0 Å². The van der Waals surface area contributed by atoms with E-state index in [-0.39, 0.29) is 6.04 Å². The lowest BCUT2D eigenvalue weighted by atomic mass is 9.95. The number of halogens is 2. The number of hydrogen-bond acceptors (Lipinski definition) is 1. The summed E-state index contributed by atoms with van der Waals surface area (Å²) in [5, 5.41) is 5.13. The first-order chi connectivity index (χ1) is 9.63. The molecule has 0 aliphatic carbocycles. The molecule has 2 aromatic rings. The van der Waals surface area contributed by atoms with Crippen molar-refractivity contribution >= 4 is 23.2 Å². The third-order valence-corrected chi connectivity index (χ3v) is 3.94. The van der Waals surface area contributed by atoms with Crippen LogP contribution in [0.2, 0.25) is 10.0 Å². The molecule has 3 heteroatoms. The second-order valence-corrected chi connectivity index (χ2v) is 5.75. The Kier molecular flexibility index (Phi) is 5.47. The van der Waals surface area contributed by atoms with Crippen LogP contribution >= 0.6 is 23.2 Å². The molecule has 2 aromatic carbocycles. The fourth-order valence-corrected chi connectivity index (χ4v) is 2.82. The quantitative estimate of drug-likeness (QED) is 0.780. The summed E-state index contributed by atoms with van der Waals surface area (Å²) in [7, 11) is 0. The van der Waals surface area contributed by atoms with Gasteiger partial charge in [0.2, 0.25) is 0 Å². The Hall–Kier alpha value is -1.02. The molecule has 20 heavy (non-hydrogen) atoms. The first kappa shape index (κ1) is 15.4. The van der Waals surface area contributed by atoms with Crippen molar-refractivity contribution in [2.75, 3.05) is 6.54 Å². The van der Waals surface area contributed by atoms with Crippen LogP contribution in [0, 0.1) is 6.92 Å². The van der Waals surface area contributed by atoms with Crippen molar-refractivity contribution in [2.24, 2.45) is 0 Å². The van der Waals surface area contributed by atoms with E-state index in [4.69, 9.17) is 23.2 Å². The molecule has 0 saturated carbocycles. The summed E-state index contributed by atoms with van der Waals surface area (Å²) < 4.78 is 0. The second kappa shape index (κ2) is 7.12. The van der Waals surface area contributed by atoms with E-state index in [9.17, 15) is 0 Å². The minimum absolute atomic E-state index is 0.0981. The van der Waals surface area contributed by atoms with Gasteiger partial charge in [-0.3, -0.25) is 0 Å². The largest absolute Gasteiger partial charge is 0.306 e. The molecule has 1 nitrogen and oxygen atoms in total. The van der Waals surface area contributed by atoms with Gasteiger partial charge in [-0.25, -0.2) is 0 Å². The van der Waals surface area contributed by atoms with Gasteiger partial charge in [0.1, 0.15) is 0 Å². The highest BCUT2D eigenvalue weighted by molar-refractivity contribution is 6.31. The van der Waals surface area contributed by atoms with Gasteiger partial charge < -0.3 is 5.32 Å². The first-order valence-corrected chi connectivity index (χ1v) is 7.63. The maximum absolute atomic E-state index is 6.37. The molecule has 0 fully saturated rings. The van der Waals surface area contributed by atoms with Crippen molar-refractivity contribution in [2.45, 2.75) is 26.3 Å². The zero-order chi connectivity index (χ0) is 14.5. The van der Waals surface area contributed by atoms with E-state index in [1.807, 2.05) is 30.3 Å². The predicted molar refractivity (Wildman–Crippen MR) is 87.8 cm³/mol. The minimum Gasteiger partial charge on any atom is -0.306 e. The fourth-order valence-electron chi connectivity index (χ4n) is 2.35. The van der Waals surface area contributed by atoms with Crippen molar-refractivity contribution in [1.82, 2.24) is 5.32 Å². The lowest BCUT2D eigenvalue weighted by Gasteiger charge is -2.22. The van der Waals surface area contributed by atoms with E-state index in [1.54, 1.807) is 0 Å². The van der Waals surface area contributed by atoms with Crippen molar-refractivity contribution in [3.05, 3.63) is 69.2 Å². The van der Waals surface area contributed by atoms with Crippen LogP contribution in [0.5, 0.6) is 0 Å². The number of hydrogen-bond donors (Lipinski definition) is 1. The Labute approximate surface area is 130 Å². The van der Waals surface area contributed by atoms with E-state index in [0.29, 0.717) is 0 Å². The van der Waals surface area contributed by atoms with Gasteiger partial charge in [-0.1, -0.05) is 54.4 Å². The summed E-state index contributed by atoms with van der Waals surface area (Å²) in [4.78, 5) is 0. The molecule has 0 aromatic heterocycles. The smallest absolute Gasteiger partial charge is 0.0594 e. The highest BCUT2D eigenvalue weighted by Crippen LogP contribution is 2.31. The monoisotopic (exact) mass is 307 g/mol. The zero-order valence-corrected chi connectivity index (χ0v) is 13.3. The van der Waals surface area contributed by atoms with Gasteiger partial charge in [0.25, 0.3) is 0 Å². The SMILES string of the molecule is CCCNC(c1ccc(Cl)cc1C)c1ccccc1Cl. The molecule has 0 saturated heterocycles. The maximum Gasteiger partial charge on any atom is 0.0594 e. The van der Waals surface area contributed by atoms with Crippen LogP contribution in [0.1, 0.15) is 36.1 Å². The van der Waals surface area contributed by atoms with Gasteiger partial charge in [0, 0.05) is 10.0 Å². The van der Waals surface area contributed by atoms with Crippen molar-refractivity contribution in [1.29, 1.82) is 0 Å². The Morgan fingerprint density at radius 2 is 1.80 bits per heavy atom. The van der Waals surface area contributed by atoms with E-state index in [0.717, 1.165) is 28.6 Å². The normalized spacial score (nSPS) is 12.4. The van der Waals surface area contributed by atoms with Crippen LogP contribution in [-0.4, -0.2) is 6.54 Å². The molecule has 0 spiro atoms. The van der Waals surface area contributed by atoms with Crippen LogP contribution in [0.25, 0.3) is 0 Å². The van der Waals surface area contributed by atoms with Crippen molar-refractivity contribution in [3.8, 4) is 0 Å². The molecule has 0 aliphatic rings. The maximum atomic E-state index is 6.37. The standard InChI is InChI=1S/C17H19Cl2N/c1-3-10-20-17(15-6-4-5-7-16(15)19)14-9-8-13(18)11-12(14)2/h4-9,11,17,20H,3,10H2,1-2H3. The summed E-state index contributed by atoms with van der Waals surface area (Å²) in [5.74, 6) is 0. The Bertz CT molecular complexity index is 581. The van der Waals surface area contributed by atoms with Crippen LogP contribution < -0.4 is 5.32 Å². The molecule has 0 amide bonds. The number of nitrogens with one attached hydrogen (secondary N) is 1. The van der Waals surface area contributed by atoms with E-state index in [2.05, 4.69) is 31.3 Å². The third kappa shape index (κ3) is 3.54. The van der Waals surface area contributed by atoms with Crippen LogP contribution in [0.3, 0.4) is 0 Å². The zero-order valence-electron chi connectivity index (χ0n) is 11.8. The fraction of sp³-hybridized carbons (Fsp3) is 0.294. The van der Waals surface area contributed by atoms with Gasteiger partial charge in [-0.05, 0) is 54.8 Å². The van der Waals surface area contributed by atoms with Crippen LogP contribution in [0.4, 0.5) is 0 Å². The predicted octanol–water partition coefficient (Wildman–Crippen LogP) is 5.39. The van der Waals surface area contributed by atoms with E-state index < -0.39 is 0 Å². The number of benzene rings is 2. The summed E-state index contributed by atoms with van der Waals surface area (Å²) >= 11 is 12.4. The Morgan fingerprint density at radius 1 is 1.05 bits per heavy atom. The molecule has 0 heterocycles. The average molecular weight is 308 g/mol. The van der Waals surface area contributed by atoms with E-state index in [1.165, 1.54) is 11.1 Å². The summed E-state index contributed by atoms with van der Waals surface area (Å²) in [5.41, 5.74) is 3.50. The summed E-state index contributed by atoms with van der Waals surface area (Å²) in [6, 6.07) is 14.1. The first-order valence-electron chi connectivity index (χ1n) is 6.87. The molecule has 106 valence electrons. The van der Waals surface area contributed by atoms with Crippen molar-refractivity contribution in [3.63, 3.8) is 0 Å². The number of rotatable bonds is 5. The minimum atomic E-state index is 0.0981. The van der Waals surface area contributed by atoms with Crippen LogP contribution in [-0.2, 0) is 0 Å². The summed E-state index contributed by atoms with van der Waals surface area (Å²) in [6.07, 6.45) is 1.08. The van der Waals surface area contributed by atoms with Gasteiger partial charge in [-0.15, -0.1) is 0 Å². The summed E-state index contributed by atoms with van der Waals surface area (Å²) in [6.45, 7) is 5.18. The molecule has 1 N–H and O–H groups in total.